The van der Waals surface area contributed by atoms with Crippen LogP contribution in [0.5, 0.6) is 0 Å². The van der Waals surface area contributed by atoms with Crippen molar-refractivity contribution in [1.29, 1.82) is 5.26 Å². The Bertz CT molecular complexity index is 896. The van der Waals surface area contributed by atoms with E-state index in [1.165, 1.54) is 22.5 Å². The van der Waals surface area contributed by atoms with Crippen molar-refractivity contribution >= 4 is 21.6 Å². The predicted octanol–water partition coefficient (Wildman–Crippen LogP) is 2.84. The van der Waals surface area contributed by atoms with Crippen LogP contribution in [0.15, 0.2) is 53.4 Å². The van der Waals surface area contributed by atoms with Crippen molar-refractivity contribution in [3.8, 4) is 6.07 Å². The Labute approximate surface area is 147 Å². The predicted molar refractivity (Wildman–Crippen MR) is 95.7 cm³/mol. The second-order valence-electron chi connectivity index (χ2n) is 5.26. The summed E-state index contributed by atoms with van der Waals surface area (Å²) in [6.07, 6.45) is 0. The zero-order chi connectivity index (χ0) is 18.4. The Hall–Kier alpha value is -2.69. The van der Waals surface area contributed by atoms with E-state index in [1.807, 2.05) is 6.07 Å². The van der Waals surface area contributed by atoms with Crippen LogP contribution in [0.3, 0.4) is 0 Å². The highest BCUT2D eigenvalue weighted by Crippen LogP contribution is 2.19. The molecule has 2 aromatic rings. The Balaban J connectivity index is 2.18. The minimum absolute atomic E-state index is 0.181. The average molecular weight is 357 g/mol. The molecule has 6 nitrogen and oxygen atoms in total. The quantitative estimate of drug-likeness (QED) is 0.861. The number of amides is 1. The summed E-state index contributed by atoms with van der Waals surface area (Å²) >= 11 is 0. The van der Waals surface area contributed by atoms with Gasteiger partial charge in [0.1, 0.15) is 0 Å². The fourth-order valence-corrected chi connectivity index (χ4v) is 3.81. The van der Waals surface area contributed by atoms with Crippen molar-refractivity contribution in [3.05, 3.63) is 59.7 Å². The van der Waals surface area contributed by atoms with Gasteiger partial charge in [-0.05, 0) is 42.5 Å². The van der Waals surface area contributed by atoms with E-state index in [0.29, 0.717) is 29.9 Å². The molecule has 1 N–H and O–H groups in total. The molecule has 0 radical (unpaired) electrons. The van der Waals surface area contributed by atoms with Crippen LogP contribution in [0.25, 0.3) is 0 Å². The number of nitriles is 1. The van der Waals surface area contributed by atoms with Gasteiger partial charge in [-0.2, -0.15) is 9.57 Å². The van der Waals surface area contributed by atoms with Gasteiger partial charge in [-0.15, -0.1) is 0 Å². The third-order valence-corrected chi connectivity index (χ3v) is 5.77. The van der Waals surface area contributed by atoms with Gasteiger partial charge in [0.25, 0.3) is 5.91 Å². The summed E-state index contributed by atoms with van der Waals surface area (Å²) in [7, 11) is -3.52. The van der Waals surface area contributed by atoms with E-state index in [4.69, 9.17) is 5.26 Å². The van der Waals surface area contributed by atoms with E-state index in [0.717, 1.165) is 0 Å². The number of benzene rings is 2. The van der Waals surface area contributed by atoms with Crippen molar-refractivity contribution in [2.75, 3.05) is 18.4 Å². The number of sulfonamides is 1. The molecule has 0 saturated carbocycles. The smallest absolute Gasteiger partial charge is 0.255 e. The molecule has 0 unspecified atom stereocenters. The van der Waals surface area contributed by atoms with Crippen molar-refractivity contribution in [2.24, 2.45) is 0 Å². The molecule has 130 valence electrons. The molecule has 1 amide bonds. The topological polar surface area (TPSA) is 90.3 Å². The maximum absolute atomic E-state index is 12.4. The molecule has 0 aliphatic rings. The molecule has 0 atom stereocenters. The van der Waals surface area contributed by atoms with Crippen LogP contribution in [-0.2, 0) is 10.0 Å². The van der Waals surface area contributed by atoms with E-state index in [1.54, 1.807) is 44.2 Å². The largest absolute Gasteiger partial charge is 0.322 e. The highest BCUT2D eigenvalue weighted by molar-refractivity contribution is 7.89. The normalized spacial score (nSPS) is 11.1. The molecule has 7 heteroatoms. The lowest BCUT2D eigenvalue weighted by atomic mass is 10.1. The summed E-state index contributed by atoms with van der Waals surface area (Å²) in [6, 6.07) is 14.4. The first-order valence-corrected chi connectivity index (χ1v) is 9.28. The molecule has 2 aromatic carbocycles. The number of nitrogens with zero attached hydrogens (tertiary/aromatic N) is 2. The molecular weight excluding hydrogens is 338 g/mol. The number of hydrogen-bond donors (Lipinski definition) is 1. The third-order valence-electron chi connectivity index (χ3n) is 3.71. The van der Waals surface area contributed by atoms with Crippen LogP contribution in [-0.4, -0.2) is 31.7 Å². The summed E-state index contributed by atoms with van der Waals surface area (Å²) in [5.41, 5.74) is 1.23. The van der Waals surface area contributed by atoms with Crippen LogP contribution in [0.1, 0.15) is 29.8 Å². The summed E-state index contributed by atoms with van der Waals surface area (Å²) in [5, 5.41) is 11.6. The van der Waals surface area contributed by atoms with Crippen molar-refractivity contribution < 1.29 is 13.2 Å². The Morgan fingerprint density at radius 2 is 1.76 bits per heavy atom. The standard InChI is InChI=1S/C18H19N3O3S/c1-3-21(4-2)25(23,24)17-10-8-16(9-11-17)20-18(22)15-7-5-6-14(12-15)13-19/h5-12H,3-4H2,1-2H3,(H,20,22). The summed E-state index contributed by atoms with van der Waals surface area (Å²) in [4.78, 5) is 12.4. The third kappa shape index (κ3) is 4.24. The average Bonchev–Trinajstić information content (AvgIpc) is 2.63. The number of rotatable bonds is 6. The molecule has 0 aliphatic carbocycles. The molecule has 2 rings (SSSR count). The Morgan fingerprint density at radius 3 is 2.32 bits per heavy atom. The minimum atomic E-state index is -3.52. The molecule has 0 aromatic heterocycles. The van der Waals surface area contributed by atoms with Crippen LogP contribution < -0.4 is 5.32 Å². The lowest BCUT2D eigenvalue weighted by Gasteiger charge is -2.18. The van der Waals surface area contributed by atoms with Gasteiger partial charge in [-0.25, -0.2) is 8.42 Å². The van der Waals surface area contributed by atoms with Gasteiger partial charge in [0, 0.05) is 24.3 Å². The lowest BCUT2D eigenvalue weighted by molar-refractivity contribution is 0.102. The molecule has 0 spiro atoms. The van der Waals surface area contributed by atoms with Crippen LogP contribution in [0.2, 0.25) is 0 Å². The SMILES string of the molecule is CCN(CC)S(=O)(=O)c1ccc(NC(=O)c2cccc(C#N)c2)cc1. The summed E-state index contributed by atoms with van der Waals surface area (Å²) < 4.78 is 26.2. The van der Waals surface area contributed by atoms with Crippen molar-refractivity contribution in [3.63, 3.8) is 0 Å². The fraction of sp³-hybridized carbons (Fsp3) is 0.222. The zero-order valence-electron chi connectivity index (χ0n) is 14.1. The van der Waals surface area contributed by atoms with Crippen molar-refractivity contribution in [1.82, 2.24) is 4.31 Å². The molecule has 0 fully saturated rings. The Kier molecular flexibility index (Phi) is 5.91. The molecule has 0 heterocycles. The number of hydrogen-bond acceptors (Lipinski definition) is 4. The van der Waals surface area contributed by atoms with E-state index >= 15 is 0 Å². The second kappa shape index (κ2) is 7.92. The van der Waals surface area contributed by atoms with Gasteiger partial charge in [0.2, 0.25) is 10.0 Å². The molecule has 25 heavy (non-hydrogen) atoms. The minimum Gasteiger partial charge on any atom is -0.322 e. The molecule has 0 aliphatic heterocycles. The molecule has 0 bridgehead atoms. The maximum atomic E-state index is 12.4. The van der Waals surface area contributed by atoms with Gasteiger partial charge >= 0.3 is 0 Å². The number of carbonyl (C=O) groups excluding carboxylic acids is 1. The highest BCUT2D eigenvalue weighted by atomic mass is 32.2. The first kappa shape index (κ1) is 18.6. The van der Waals surface area contributed by atoms with E-state index in [-0.39, 0.29) is 10.8 Å². The van der Waals surface area contributed by atoms with Gasteiger partial charge in [-0.3, -0.25) is 4.79 Å². The highest BCUT2D eigenvalue weighted by Gasteiger charge is 2.21. The number of carbonyl (C=O) groups is 1. The zero-order valence-corrected chi connectivity index (χ0v) is 14.9. The van der Waals surface area contributed by atoms with Gasteiger partial charge in [0.05, 0.1) is 16.5 Å². The molecular formula is C18H19N3O3S. The summed E-state index contributed by atoms with van der Waals surface area (Å²) in [6.45, 7) is 4.36. The van der Waals surface area contributed by atoms with Crippen molar-refractivity contribution in [2.45, 2.75) is 18.7 Å². The van der Waals surface area contributed by atoms with Crippen LogP contribution >= 0.6 is 0 Å². The maximum Gasteiger partial charge on any atom is 0.255 e. The van der Waals surface area contributed by atoms with E-state index < -0.39 is 10.0 Å². The first-order chi connectivity index (χ1) is 11.9. The summed E-state index contributed by atoms with van der Waals surface area (Å²) in [5.74, 6) is -0.364. The number of anilines is 1. The fourth-order valence-electron chi connectivity index (χ4n) is 2.36. The van der Waals surface area contributed by atoms with E-state index in [2.05, 4.69) is 5.32 Å². The van der Waals surface area contributed by atoms with Gasteiger partial charge in [0.15, 0.2) is 0 Å². The van der Waals surface area contributed by atoms with E-state index in [9.17, 15) is 13.2 Å². The van der Waals surface area contributed by atoms with Gasteiger partial charge < -0.3 is 5.32 Å². The van der Waals surface area contributed by atoms with Crippen LogP contribution in [0.4, 0.5) is 5.69 Å². The monoisotopic (exact) mass is 357 g/mol. The lowest BCUT2D eigenvalue weighted by Crippen LogP contribution is -2.30. The second-order valence-corrected chi connectivity index (χ2v) is 7.20. The van der Waals surface area contributed by atoms with Gasteiger partial charge in [-0.1, -0.05) is 19.9 Å². The van der Waals surface area contributed by atoms with Crippen LogP contribution in [0, 0.1) is 11.3 Å². The molecule has 0 saturated heterocycles. The first-order valence-electron chi connectivity index (χ1n) is 7.84. The number of nitrogens with one attached hydrogen (secondary N) is 1. The Morgan fingerprint density at radius 1 is 1.12 bits per heavy atom.